The minimum absolute atomic E-state index is 0.203. The van der Waals surface area contributed by atoms with Crippen molar-refractivity contribution in [1.82, 2.24) is 14.7 Å². The van der Waals surface area contributed by atoms with Gasteiger partial charge in [0, 0.05) is 17.8 Å². The monoisotopic (exact) mass is 333 g/mol. The van der Waals surface area contributed by atoms with E-state index < -0.39 is 23.7 Å². The summed E-state index contributed by atoms with van der Waals surface area (Å²) in [5.41, 5.74) is 0.720. The van der Waals surface area contributed by atoms with Gasteiger partial charge in [-0.3, -0.25) is 14.0 Å². The Kier molecular flexibility index (Phi) is 4.07. The highest BCUT2D eigenvalue weighted by atomic mass is 32.1. The number of thiazole rings is 1. The summed E-state index contributed by atoms with van der Waals surface area (Å²) in [7, 11) is 0. The fourth-order valence-corrected chi connectivity index (χ4v) is 2.89. The van der Waals surface area contributed by atoms with Crippen molar-refractivity contribution < 1.29 is 19.1 Å². The van der Waals surface area contributed by atoms with Crippen molar-refractivity contribution >= 4 is 28.2 Å². The molecule has 2 N–H and O–H groups in total. The quantitative estimate of drug-likeness (QED) is 0.751. The van der Waals surface area contributed by atoms with E-state index in [1.807, 2.05) is 5.38 Å². The van der Waals surface area contributed by atoms with Crippen LogP contribution in [-0.2, 0) is 4.79 Å². The molecule has 6 nitrogen and oxygen atoms in total. The molecule has 0 spiro atoms. The first-order valence-electron chi connectivity index (χ1n) is 6.73. The lowest BCUT2D eigenvalue weighted by atomic mass is 10.0. The number of rotatable bonds is 5. The van der Waals surface area contributed by atoms with Gasteiger partial charge in [0.2, 0.25) is 0 Å². The Morgan fingerprint density at radius 1 is 1.35 bits per heavy atom. The topological polar surface area (TPSA) is 83.7 Å². The lowest BCUT2D eigenvalue weighted by Crippen LogP contribution is -2.30. The Labute approximate surface area is 134 Å². The van der Waals surface area contributed by atoms with E-state index in [2.05, 4.69) is 10.3 Å². The second-order valence-corrected chi connectivity index (χ2v) is 5.77. The normalized spacial score (nSPS) is 12.2. The number of carbonyl (C=O) groups excluding carboxylic acids is 1. The minimum atomic E-state index is -1.06. The predicted octanol–water partition coefficient (Wildman–Crippen LogP) is 2.48. The number of hydrogen-bond acceptors (Lipinski definition) is 4. The second-order valence-electron chi connectivity index (χ2n) is 4.89. The van der Waals surface area contributed by atoms with Crippen molar-refractivity contribution in [2.24, 2.45) is 0 Å². The van der Waals surface area contributed by atoms with Gasteiger partial charge in [-0.2, -0.15) is 0 Å². The standard InChI is InChI=1S/C15H12FN3O3S/c16-10-3-1-9(2-4-10)11(7-13(20)21)17-14(22)12-8-19-5-6-23-15(19)18-12/h1-6,8,11H,7H2,(H,17,22)(H,20,21)/t11-/m1/s1. The highest BCUT2D eigenvalue weighted by Crippen LogP contribution is 2.19. The molecule has 0 saturated carbocycles. The average Bonchev–Trinajstić information content (AvgIpc) is 3.08. The van der Waals surface area contributed by atoms with E-state index in [1.54, 1.807) is 16.8 Å². The first kappa shape index (κ1) is 15.2. The Morgan fingerprint density at radius 3 is 2.74 bits per heavy atom. The van der Waals surface area contributed by atoms with Crippen LogP contribution in [0.25, 0.3) is 4.96 Å². The van der Waals surface area contributed by atoms with Gasteiger partial charge in [0.05, 0.1) is 12.5 Å². The number of carboxylic acids is 1. The van der Waals surface area contributed by atoms with Crippen LogP contribution in [0.15, 0.2) is 42.0 Å². The molecular formula is C15H12FN3O3S. The highest BCUT2D eigenvalue weighted by molar-refractivity contribution is 7.15. The number of aromatic nitrogens is 2. The van der Waals surface area contributed by atoms with E-state index in [1.165, 1.54) is 35.6 Å². The first-order valence-corrected chi connectivity index (χ1v) is 7.61. The van der Waals surface area contributed by atoms with E-state index >= 15 is 0 Å². The third-order valence-electron chi connectivity index (χ3n) is 3.28. The van der Waals surface area contributed by atoms with Gasteiger partial charge in [0.25, 0.3) is 5.91 Å². The number of nitrogens with one attached hydrogen (secondary N) is 1. The molecule has 118 valence electrons. The number of fused-ring (bicyclic) bond motifs is 1. The molecule has 0 radical (unpaired) electrons. The average molecular weight is 333 g/mol. The Hall–Kier alpha value is -2.74. The molecule has 2 heterocycles. The van der Waals surface area contributed by atoms with Gasteiger partial charge < -0.3 is 10.4 Å². The number of carboxylic acid groups (broad SMARTS) is 1. The SMILES string of the molecule is O=C(O)C[C@@H](NC(=O)c1cn2ccsc2n1)c1ccc(F)cc1. The molecule has 3 aromatic rings. The number of amides is 1. The zero-order valence-corrected chi connectivity index (χ0v) is 12.6. The van der Waals surface area contributed by atoms with Crippen molar-refractivity contribution in [2.75, 3.05) is 0 Å². The second kappa shape index (κ2) is 6.17. The van der Waals surface area contributed by atoms with E-state index in [-0.39, 0.29) is 12.1 Å². The smallest absolute Gasteiger partial charge is 0.305 e. The van der Waals surface area contributed by atoms with Gasteiger partial charge in [0.1, 0.15) is 11.5 Å². The van der Waals surface area contributed by atoms with Gasteiger partial charge in [-0.05, 0) is 17.7 Å². The lowest BCUT2D eigenvalue weighted by Gasteiger charge is -2.16. The van der Waals surface area contributed by atoms with E-state index in [0.717, 1.165) is 0 Å². The van der Waals surface area contributed by atoms with Crippen molar-refractivity contribution in [3.05, 3.63) is 59.1 Å². The van der Waals surface area contributed by atoms with Crippen molar-refractivity contribution in [3.63, 3.8) is 0 Å². The predicted molar refractivity (Wildman–Crippen MR) is 81.9 cm³/mol. The van der Waals surface area contributed by atoms with Crippen LogP contribution in [0.1, 0.15) is 28.5 Å². The fourth-order valence-electron chi connectivity index (χ4n) is 2.19. The molecule has 0 fully saturated rings. The van der Waals surface area contributed by atoms with Crippen LogP contribution in [-0.4, -0.2) is 26.4 Å². The number of halogens is 1. The molecule has 0 aliphatic rings. The molecule has 0 aliphatic heterocycles. The first-order chi connectivity index (χ1) is 11.0. The number of benzene rings is 1. The molecule has 0 bridgehead atoms. The van der Waals surface area contributed by atoms with Gasteiger partial charge in [0.15, 0.2) is 4.96 Å². The Balaban J connectivity index is 1.82. The minimum Gasteiger partial charge on any atom is -0.481 e. The zero-order chi connectivity index (χ0) is 16.4. The largest absolute Gasteiger partial charge is 0.481 e. The molecule has 0 aliphatic carbocycles. The number of aliphatic carboxylic acids is 1. The number of carbonyl (C=O) groups is 2. The molecular weight excluding hydrogens is 321 g/mol. The molecule has 1 atom stereocenters. The van der Waals surface area contributed by atoms with E-state index in [0.29, 0.717) is 10.5 Å². The molecule has 23 heavy (non-hydrogen) atoms. The highest BCUT2D eigenvalue weighted by Gasteiger charge is 2.20. The summed E-state index contributed by atoms with van der Waals surface area (Å²) >= 11 is 1.39. The molecule has 3 rings (SSSR count). The fraction of sp³-hybridized carbons (Fsp3) is 0.133. The maximum absolute atomic E-state index is 13.0. The summed E-state index contributed by atoms with van der Waals surface area (Å²) in [5, 5.41) is 13.5. The number of imidazole rings is 1. The maximum atomic E-state index is 13.0. The molecule has 1 amide bonds. The van der Waals surface area contributed by atoms with Crippen LogP contribution in [0, 0.1) is 5.82 Å². The Morgan fingerprint density at radius 2 is 2.09 bits per heavy atom. The molecule has 0 saturated heterocycles. The van der Waals surface area contributed by atoms with Crippen LogP contribution in [0.2, 0.25) is 0 Å². The van der Waals surface area contributed by atoms with Crippen molar-refractivity contribution in [3.8, 4) is 0 Å². The summed E-state index contributed by atoms with van der Waals surface area (Å²) in [6.07, 6.45) is 3.04. The van der Waals surface area contributed by atoms with Crippen LogP contribution in [0.4, 0.5) is 4.39 Å². The molecule has 2 aromatic heterocycles. The zero-order valence-electron chi connectivity index (χ0n) is 11.8. The molecule has 1 aromatic carbocycles. The maximum Gasteiger partial charge on any atom is 0.305 e. The molecule has 8 heteroatoms. The number of hydrogen-bond donors (Lipinski definition) is 2. The number of nitrogens with zero attached hydrogens (tertiary/aromatic N) is 2. The summed E-state index contributed by atoms with van der Waals surface area (Å²) in [6.45, 7) is 0. The van der Waals surface area contributed by atoms with Crippen LogP contribution in [0.3, 0.4) is 0 Å². The van der Waals surface area contributed by atoms with Crippen LogP contribution < -0.4 is 5.32 Å². The third kappa shape index (κ3) is 3.37. The van der Waals surface area contributed by atoms with Gasteiger partial charge in [-0.15, -0.1) is 11.3 Å². The summed E-state index contributed by atoms with van der Waals surface area (Å²) in [5.74, 6) is -1.97. The van der Waals surface area contributed by atoms with Crippen LogP contribution >= 0.6 is 11.3 Å². The van der Waals surface area contributed by atoms with E-state index in [4.69, 9.17) is 5.11 Å². The summed E-state index contributed by atoms with van der Waals surface area (Å²) in [4.78, 5) is 28.2. The van der Waals surface area contributed by atoms with Gasteiger partial charge >= 0.3 is 5.97 Å². The lowest BCUT2D eigenvalue weighted by molar-refractivity contribution is -0.137. The van der Waals surface area contributed by atoms with Gasteiger partial charge in [-0.25, -0.2) is 9.37 Å². The van der Waals surface area contributed by atoms with E-state index in [9.17, 15) is 14.0 Å². The van der Waals surface area contributed by atoms with Gasteiger partial charge in [-0.1, -0.05) is 12.1 Å². The Bertz CT molecular complexity index is 828. The summed E-state index contributed by atoms with van der Waals surface area (Å²) < 4.78 is 14.7. The summed E-state index contributed by atoms with van der Waals surface area (Å²) in [6, 6.07) is 4.59. The van der Waals surface area contributed by atoms with Crippen molar-refractivity contribution in [1.29, 1.82) is 0 Å². The van der Waals surface area contributed by atoms with Crippen LogP contribution in [0.5, 0.6) is 0 Å². The third-order valence-corrected chi connectivity index (χ3v) is 4.05. The molecule has 0 unspecified atom stereocenters. The van der Waals surface area contributed by atoms with Crippen molar-refractivity contribution in [2.45, 2.75) is 12.5 Å².